The van der Waals surface area contributed by atoms with Gasteiger partial charge in [0.15, 0.2) is 0 Å². The van der Waals surface area contributed by atoms with E-state index in [4.69, 9.17) is 35.5 Å². The van der Waals surface area contributed by atoms with E-state index in [1.807, 2.05) is 0 Å². The Bertz CT molecular complexity index is 43.0. The molecule has 0 aromatic heterocycles. The van der Waals surface area contributed by atoms with E-state index in [-0.39, 0.29) is 51.9 Å². The van der Waals surface area contributed by atoms with E-state index in [9.17, 15) is 0 Å². The Morgan fingerprint density at radius 2 is 0.625 bits per heavy atom. The molecule has 40 valence electrons. The summed E-state index contributed by atoms with van der Waals surface area (Å²) >= 11 is 0. The van der Waals surface area contributed by atoms with Crippen molar-refractivity contribution in [3.63, 3.8) is 0 Å². The van der Waals surface area contributed by atoms with Crippen LogP contribution in [0.25, 0.3) is 0 Å². The first-order chi connectivity index (χ1) is 3.00. The second kappa shape index (κ2) is 6290. The van der Waals surface area contributed by atoms with Crippen LogP contribution in [0.3, 0.4) is 0 Å². The molecule has 3 nitrogen and oxygen atoms in total. The van der Waals surface area contributed by atoms with Crippen molar-refractivity contribution in [2.75, 3.05) is 0 Å². The van der Waals surface area contributed by atoms with Gasteiger partial charge in [0.25, 0.3) is 0 Å². The summed E-state index contributed by atoms with van der Waals surface area (Å²) in [5, 5.41) is 18.8. The van der Waals surface area contributed by atoms with Gasteiger partial charge in [0.1, 0.15) is 0 Å². The van der Waals surface area contributed by atoms with Gasteiger partial charge in [-0.2, -0.15) is 0 Å². The fraction of sp³-hybridized carbons (Fsp3) is 0. The molecule has 0 saturated carbocycles. The van der Waals surface area contributed by atoms with E-state index < -0.39 is 0 Å². The molecular weight excluding hydrogens is 298 g/mol. The van der Waals surface area contributed by atoms with Crippen LogP contribution >= 0.6 is 0 Å². The van der Waals surface area contributed by atoms with Crippen LogP contribution in [0.15, 0.2) is 0 Å². The Morgan fingerprint density at radius 3 is 0.625 bits per heavy atom. The third-order valence-corrected chi connectivity index (χ3v) is 0. The summed E-state index contributed by atoms with van der Waals surface area (Å²) in [5.74, 6) is 0. The molecule has 0 aliphatic rings. The standard InChI is InChI=1S/3CN.Au.Na.H/c3*1-2;;;/q3*-1;+3;;. The van der Waals surface area contributed by atoms with E-state index in [2.05, 4.69) is 0 Å². The summed E-state index contributed by atoms with van der Waals surface area (Å²) in [6.45, 7) is 14.2. The van der Waals surface area contributed by atoms with Crippen molar-refractivity contribution in [1.29, 1.82) is 15.8 Å². The predicted molar refractivity (Wildman–Crippen MR) is 22.1 cm³/mol. The summed E-state index contributed by atoms with van der Waals surface area (Å²) in [6.07, 6.45) is 0. The summed E-state index contributed by atoms with van der Waals surface area (Å²) in [5.41, 5.74) is 0. The van der Waals surface area contributed by atoms with Crippen molar-refractivity contribution in [3.8, 4) is 0 Å². The third-order valence-electron chi connectivity index (χ3n) is 0. The van der Waals surface area contributed by atoms with Gasteiger partial charge in [0.2, 0.25) is 0 Å². The van der Waals surface area contributed by atoms with Crippen LogP contribution in [-0.2, 0) is 22.4 Å². The molecule has 0 spiro atoms. The topological polar surface area (TPSA) is 71.4 Å². The molecule has 8 heavy (non-hydrogen) atoms. The molecule has 0 aromatic carbocycles. The molecule has 0 rings (SSSR count). The maximum atomic E-state index is 6.25. The van der Waals surface area contributed by atoms with E-state index in [0.717, 1.165) is 0 Å². The van der Waals surface area contributed by atoms with Crippen molar-refractivity contribution >= 4 is 29.6 Å². The van der Waals surface area contributed by atoms with Crippen LogP contribution in [0, 0.1) is 35.5 Å². The van der Waals surface area contributed by atoms with E-state index in [1.54, 1.807) is 0 Å². The molecule has 0 fully saturated rings. The first kappa shape index (κ1) is 41.4. The van der Waals surface area contributed by atoms with Crippen LogP contribution in [0.4, 0.5) is 0 Å². The van der Waals surface area contributed by atoms with Gasteiger partial charge in [-0.1, -0.05) is 0 Å². The first-order valence-corrected chi connectivity index (χ1v) is 0.671. The molecular formula is C3HAuN3Na. The molecule has 0 radical (unpaired) electrons. The number of nitrogens with zero attached hydrogens (tertiary/aromatic N) is 3. The zero-order valence-electron chi connectivity index (χ0n) is 3.14. The van der Waals surface area contributed by atoms with Crippen LogP contribution in [-0.4, -0.2) is 29.6 Å². The maximum absolute atomic E-state index is 6.25. The van der Waals surface area contributed by atoms with Crippen molar-refractivity contribution in [3.05, 3.63) is 19.7 Å². The quantitative estimate of drug-likeness (QED) is 0.453. The molecule has 0 saturated heterocycles. The van der Waals surface area contributed by atoms with E-state index in [1.165, 1.54) is 0 Å². The van der Waals surface area contributed by atoms with Gasteiger partial charge in [0.05, 0.1) is 0 Å². The average molecular weight is 299 g/mol. The normalized spacial score (nSPS) is 0.750. The van der Waals surface area contributed by atoms with Gasteiger partial charge in [-0.3, -0.25) is 0 Å². The Balaban J connectivity index is -0.00000000500. The molecule has 0 atom stereocenters. The minimum absolute atomic E-state index is 0. The molecule has 0 unspecified atom stereocenters. The van der Waals surface area contributed by atoms with Gasteiger partial charge in [-0.05, 0) is 0 Å². The zero-order chi connectivity index (χ0) is 6.00. The van der Waals surface area contributed by atoms with Crippen molar-refractivity contribution in [1.82, 2.24) is 0 Å². The minimum atomic E-state index is 0. The van der Waals surface area contributed by atoms with Gasteiger partial charge in [0, 0.05) is 0 Å². The third kappa shape index (κ3) is 3810. The second-order valence-corrected chi connectivity index (χ2v) is 0. The average Bonchev–Trinajstić information content (AvgIpc) is 1.81. The summed E-state index contributed by atoms with van der Waals surface area (Å²) in [6, 6.07) is 0. The fourth-order valence-corrected chi connectivity index (χ4v) is 0. The van der Waals surface area contributed by atoms with Crippen LogP contribution in [0.2, 0.25) is 0 Å². The van der Waals surface area contributed by atoms with Crippen LogP contribution < -0.4 is 0 Å². The molecule has 0 amide bonds. The Kier molecular flexibility index (Phi) is 32600. The molecule has 0 aromatic rings. The molecule has 0 aliphatic heterocycles. The first-order valence-electron chi connectivity index (χ1n) is 0.671. The summed E-state index contributed by atoms with van der Waals surface area (Å²) in [7, 11) is 0. The summed E-state index contributed by atoms with van der Waals surface area (Å²) in [4.78, 5) is 0. The number of rotatable bonds is 0. The summed E-state index contributed by atoms with van der Waals surface area (Å²) < 4.78 is 0. The van der Waals surface area contributed by atoms with E-state index in [0.29, 0.717) is 0 Å². The second-order valence-electron chi connectivity index (χ2n) is 0. The van der Waals surface area contributed by atoms with Crippen LogP contribution in [0.1, 0.15) is 0 Å². The van der Waals surface area contributed by atoms with Crippen molar-refractivity contribution in [2.24, 2.45) is 0 Å². The zero-order valence-corrected chi connectivity index (χ0v) is 5.31. The number of hydrogen-bond acceptors (Lipinski definition) is 3. The molecule has 0 N–H and O–H groups in total. The Hall–Kier alpha value is 0.210. The van der Waals surface area contributed by atoms with Gasteiger partial charge in [-0.25, -0.2) is 0 Å². The Labute approximate surface area is 86.7 Å². The monoisotopic (exact) mass is 299 g/mol. The van der Waals surface area contributed by atoms with Crippen LogP contribution in [0.5, 0.6) is 0 Å². The Morgan fingerprint density at radius 1 is 0.625 bits per heavy atom. The van der Waals surface area contributed by atoms with E-state index >= 15 is 0 Å². The fourth-order valence-electron chi connectivity index (χ4n) is 0. The molecule has 0 aliphatic carbocycles. The van der Waals surface area contributed by atoms with Gasteiger partial charge >= 0.3 is 51.9 Å². The van der Waals surface area contributed by atoms with Gasteiger partial charge in [-0.15, -0.1) is 0 Å². The molecule has 5 heteroatoms. The predicted octanol–water partition coefficient (Wildman–Crippen LogP) is -0.362. The molecule has 0 heterocycles. The molecule has 0 bridgehead atoms. The number of hydrogen-bond donors (Lipinski definition) is 0. The van der Waals surface area contributed by atoms with Gasteiger partial charge < -0.3 is 35.5 Å². The van der Waals surface area contributed by atoms with Crippen molar-refractivity contribution < 1.29 is 22.4 Å². The van der Waals surface area contributed by atoms with Crippen molar-refractivity contribution in [2.45, 2.75) is 0 Å². The SMILES string of the molecule is [Au+3].[C-]#N.[C-]#N.[C-]#N.[NaH].